The van der Waals surface area contributed by atoms with Gasteiger partial charge in [0.05, 0.1) is 11.5 Å². The Kier molecular flexibility index (Phi) is 3.35. The molecule has 1 aliphatic rings. The van der Waals surface area contributed by atoms with E-state index in [9.17, 15) is 14.7 Å². The summed E-state index contributed by atoms with van der Waals surface area (Å²) in [5, 5.41) is 9.23. The van der Waals surface area contributed by atoms with E-state index in [2.05, 4.69) is 6.92 Å². The quantitative estimate of drug-likeness (QED) is 0.909. The molecule has 0 radical (unpaired) electrons. The molecule has 1 fully saturated rings. The molecule has 0 bridgehead atoms. The van der Waals surface area contributed by atoms with Crippen molar-refractivity contribution in [2.45, 2.75) is 39.2 Å². The first-order valence-corrected chi connectivity index (χ1v) is 6.52. The van der Waals surface area contributed by atoms with Gasteiger partial charge in [-0.25, -0.2) is 0 Å². The first-order chi connectivity index (χ1) is 8.87. The molecule has 1 N–H and O–H groups in total. The molecular weight excluding hydrogens is 242 g/mol. The summed E-state index contributed by atoms with van der Waals surface area (Å²) in [5.74, 6) is -1.70. The van der Waals surface area contributed by atoms with Crippen LogP contribution in [0, 0.1) is 5.92 Å². The molecule has 0 spiro atoms. The maximum atomic E-state index is 12.1. The van der Waals surface area contributed by atoms with Crippen LogP contribution in [0.2, 0.25) is 0 Å². The molecule has 0 aliphatic carbocycles. The number of carboxylic acid groups (broad SMARTS) is 1. The summed E-state index contributed by atoms with van der Waals surface area (Å²) in [7, 11) is 0. The lowest BCUT2D eigenvalue weighted by Crippen LogP contribution is -2.46. The third-order valence-corrected chi connectivity index (χ3v) is 3.96. The van der Waals surface area contributed by atoms with Gasteiger partial charge in [0.15, 0.2) is 0 Å². The molecule has 1 heterocycles. The number of hydrogen-bond acceptors (Lipinski definition) is 2. The van der Waals surface area contributed by atoms with Gasteiger partial charge in [-0.05, 0) is 38.0 Å². The minimum absolute atomic E-state index is 0.0673. The van der Waals surface area contributed by atoms with Gasteiger partial charge in [-0.1, -0.05) is 19.1 Å². The third kappa shape index (κ3) is 2.23. The van der Waals surface area contributed by atoms with Gasteiger partial charge in [0.25, 0.3) is 0 Å². The minimum Gasteiger partial charge on any atom is -0.481 e. The Balaban J connectivity index is 2.37. The highest BCUT2D eigenvalue weighted by molar-refractivity contribution is 6.01. The monoisotopic (exact) mass is 261 g/mol. The largest absolute Gasteiger partial charge is 0.481 e. The first kappa shape index (κ1) is 13.6. The fourth-order valence-electron chi connectivity index (χ4n) is 2.74. The Bertz CT molecular complexity index is 505. The molecule has 1 unspecified atom stereocenters. The van der Waals surface area contributed by atoms with E-state index < -0.39 is 17.4 Å². The molecule has 1 saturated heterocycles. The fourth-order valence-corrected chi connectivity index (χ4v) is 2.74. The number of carboxylic acids is 1. The van der Waals surface area contributed by atoms with E-state index in [1.54, 1.807) is 4.90 Å². The van der Waals surface area contributed by atoms with Crippen molar-refractivity contribution in [2.75, 3.05) is 4.90 Å². The van der Waals surface area contributed by atoms with Gasteiger partial charge < -0.3 is 10.0 Å². The third-order valence-electron chi connectivity index (χ3n) is 3.96. The zero-order valence-corrected chi connectivity index (χ0v) is 11.5. The molecule has 1 amide bonds. The van der Waals surface area contributed by atoms with Crippen molar-refractivity contribution in [3.63, 3.8) is 0 Å². The number of nitrogens with zero attached hydrogens (tertiary/aromatic N) is 1. The number of rotatable bonds is 3. The predicted octanol–water partition coefficient (Wildman–Crippen LogP) is 2.47. The van der Waals surface area contributed by atoms with Crippen LogP contribution in [0.1, 0.15) is 32.8 Å². The lowest BCUT2D eigenvalue weighted by atomic mass is 9.88. The second kappa shape index (κ2) is 4.68. The minimum atomic E-state index is -0.911. The van der Waals surface area contributed by atoms with E-state index in [-0.39, 0.29) is 12.3 Å². The highest BCUT2D eigenvalue weighted by Gasteiger charge is 2.50. The standard InChI is InChI=1S/C15H19NO3/c1-4-10-5-7-11(8-6-10)16-13(17)9-12(14(18)19)15(16,2)3/h5-8,12H,4,9H2,1-3H3,(H,18,19). The second-order valence-electron chi connectivity index (χ2n) is 5.50. The number of amides is 1. The van der Waals surface area contributed by atoms with Crippen LogP contribution in [0.4, 0.5) is 5.69 Å². The molecule has 1 aromatic rings. The molecule has 0 saturated carbocycles. The second-order valence-corrected chi connectivity index (χ2v) is 5.50. The van der Waals surface area contributed by atoms with Crippen LogP contribution in [-0.4, -0.2) is 22.5 Å². The Morgan fingerprint density at radius 2 is 1.95 bits per heavy atom. The molecular formula is C15H19NO3. The summed E-state index contributed by atoms with van der Waals surface area (Å²) in [4.78, 5) is 25.0. The number of benzene rings is 1. The lowest BCUT2D eigenvalue weighted by molar-refractivity contribution is -0.143. The number of hydrogen-bond donors (Lipinski definition) is 1. The van der Waals surface area contributed by atoms with E-state index in [0.29, 0.717) is 0 Å². The normalized spacial score (nSPS) is 21.7. The first-order valence-electron chi connectivity index (χ1n) is 6.52. The molecule has 2 rings (SSSR count). The molecule has 4 heteroatoms. The number of aryl methyl sites for hydroxylation is 1. The summed E-state index contributed by atoms with van der Waals surface area (Å²) in [6.45, 7) is 5.69. The highest BCUT2D eigenvalue weighted by atomic mass is 16.4. The lowest BCUT2D eigenvalue weighted by Gasteiger charge is -2.34. The SMILES string of the molecule is CCc1ccc(N2C(=O)CC(C(=O)O)C2(C)C)cc1. The van der Waals surface area contributed by atoms with E-state index in [1.807, 2.05) is 38.1 Å². The summed E-state index contributed by atoms with van der Waals surface area (Å²) in [5.41, 5.74) is 1.27. The van der Waals surface area contributed by atoms with Gasteiger partial charge in [0.1, 0.15) is 0 Å². The van der Waals surface area contributed by atoms with Crippen LogP contribution in [0.3, 0.4) is 0 Å². The summed E-state index contributed by atoms with van der Waals surface area (Å²) in [6.07, 6.45) is 1.01. The Morgan fingerprint density at radius 3 is 2.37 bits per heavy atom. The number of anilines is 1. The van der Waals surface area contributed by atoms with E-state index >= 15 is 0 Å². The topological polar surface area (TPSA) is 57.6 Å². The average molecular weight is 261 g/mol. The van der Waals surface area contributed by atoms with E-state index in [4.69, 9.17) is 0 Å². The van der Waals surface area contributed by atoms with Crippen molar-refractivity contribution in [3.8, 4) is 0 Å². The van der Waals surface area contributed by atoms with Gasteiger partial charge in [0, 0.05) is 12.1 Å². The van der Waals surface area contributed by atoms with Crippen molar-refractivity contribution in [2.24, 2.45) is 5.92 Å². The molecule has 1 aromatic carbocycles. The van der Waals surface area contributed by atoms with Crippen LogP contribution in [0.5, 0.6) is 0 Å². The average Bonchev–Trinajstić information content (AvgIpc) is 2.60. The summed E-state index contributed by atoms with van der Waals surface area (Å²) < 4.78 is 0. The van der Waals surface area contributed by atoms with Crippen LogP contribution in [0.15, 0.2) is 24.3 Å². The van der Waals surface area contributed by atoms with Gasteiger partial charge >= 0.3 is 5.97 Å². The number of carbonyl (C=O) groups excluding carboxylic acids is 1. The fraction of sp³-hybridized carbons (Fsp3) is 0.467. The molecule has 1 atom stereocenters. The van der Waals surface area contributed by atoms with Crippen LogP contribution in [0.25, 0.3) is 0 Å². The van der Waals surface area contributed by atoms with Gasteiger partial charge in [-0.15, -0.1) is 0 Å². The Morgan fingerprint density at radius 1 is 1.37 bits per heavy atom. The van der Waals surface area contributed by atoms with Crippen molar-refractivity contribution < 1.29 is 14.7 Å². The van der Waals surface area contributed by atoms with Crippen molar-refractivity contribution in [1.29, 1.82) is 0 Å². The van der Waals surface area contributed by atoms with Crippen LogP contribution in [-0.2, 0) is 16.0 Å². The smallest absolute Gasteiger partial charge is 0.309 e. The highest BCUT2D eigenvalue weighted by Crippen LogP contribution is 2.39. The number of carbonyl (C=O) groups is 2. The zero-order valence-electron chi connectivity index (χ0n) is 11.5. The molecule has 19 heavy (non-hydrogen) atoms. The molecule has 0 aromatic heterocycles. The summed E-state index contributed by atoms with van der Waals surface area (Å²) >= 11 is 0. The van der Waals surface area contributed by atoms with Crippen molar-refractivity contribution in [3.05, 3.63) is 29.8 Å². The van der Waals surface area contributed by atoms with Crippen molar-refractivity contribution >= 4 is 17.6 Å². The zero-order chi connectivity index (χ0) is 14.2. The van der Waals surface area contributed by atoms with Crippen LogP contribution < -0.4 is 4.90 Å². The van der Waals surface area contributed by atoms with E-state index in [0.717, 1.165) is 12.1 Å². The maximum Gasteiger partial charge on any atom is 0.309 e. The van der Waals surface area contributed by atoms with E-state index in [1.165, 1.54) is 5.56 Å². The molecule has 1 aliphatic heterocycles. The maximum absolute atomic E-state index is 12.1. The number of aliphatic carboxylic acids is 1. The molecule has 4 nitrogen and oxygen atoms in total. The van der Waals surface area contributed by atoms with Crippen molar-refractivity contribution in [1.82, 2.24) is 0 Å². The van der Waals surface area contributed by atoms with Gasteiger partial charge in [-0.3, -0.25) is 9.59 Å². The predicted molar refractivity (Wildman–Crippen MR) is 73.1 cm³/mol. The van der Waals surface area contributed by atoms with Crippen LogP contribution >= 0.6 is 0 Å². The Hall–Kier alpha value is -1.84. The summed E-state index contributed by atoms with van der Waals surface area (Å²) in [6, 6.07) is 7.74. The molecule has 102 valence electrons. The Labute approximate surface area is 113 Å². The van der Waals surface area contributed by atoms with Gasteiger partial charge in [-0.2, -0.15) is 0 Å². The van der Waals surface area contributed by atoms with Gasteiger partial charge in [0.2, 0.25) is 5.91 Å².